The Labute approximate surface area is 475 Å². The van der Waals surface area contributed by atoms with Crippen LogP contribution in [0.15, 0.2) is 47.2 Å². The Morgan fingerprint density at radius 1 is 0.625 bits per heavy atom. The first-order valence-corrected chi connectivity index (χ1v) is 28.8. The van der Waals surface area contributed by atoms with E-state index < -0.39 is 85.2 Å². The van der Waals surface area contributed by atoms with Crippen LogP contribution in [0, 0.1) is 13.8 Å². The van der Waals surface area contributed by atoms with E-state index in [1.807, 2.05) is 50.2 Å². The molecule has 4 aromatic rings. The summed E-state index contributed by atoms with van der Waals surface area (Å²) in [6.45, 7) is 9.44. The molecular formula is C54H74B2N10O12S2. The molecule has 2 aromatic heterocycles. The second-order valence-electron chi connectivity index (χ2n) is 20.4. The second kappa shape index (κ2) is 29.0. The average molecular weight is 1140 g/mol. The number of rotatable bonds is 21. The van der Waals surface area contributed by atoms with Gasteiger partial charge in [-0.25, -0.2) is 19.6 Å². The fraction of sp³-hybridized carbons (Fsp3) is 0.519. The Kier molecular flexibility index (Phi) is 22.6. The van der Waals surface area contributed by atoms with E-state index in [1.165, 1.54) is 9.80 Å². The van der Waals surface area contributed by atoms with Crippen LogP contribution in [0.3, 0.4) is 0 Å². The first-order valence-electron chi connectivity index (χ1n) is 27.0. The highest BCUT2D eigenvalue weighted by Crippen LogP contribution is 2.39. The van der Waals surface area contributed by atoms with Gasteiger partial charge in [0, 0.05) is 74.5 Å². The lowest BCUT2D eigenvalue weighted by molar-refractivity contribution is -0.153. The van der Waals surface area contributed by atoms with E-state index in [0.717, 1.165) is 113 Å². The number of thiazole rings is 2. The summed E-state index contributed by atoms with van der Waals surface area (Å²) in [7, 11) is -2.41. The smallest absolute Gasteiger partial charge is 0.526 e. The molecule has 2 fully saturated rings. The Hall–Kier alpha value is -6.89. The van der Waals surface area contributed by atoms with Crippen molar-refractivity contribution in [1.82, 2.24) is 40.2 Å². The monoisotopic (exact) mass is 1140 g/mol. The summed E-state index contributed by atoms with van der Waals surface area (Å²) >= 11 is 2.22. The Morgan fingerprint density at radius 3 is 1.39 bits per heavy atom. The minimum Gasteiger partial charge on any atom is -0.536 e. The lowest BCUT2D eigenvalue weighted by atomic mass is 9.64. The molecule has 2 saturated heterocycles. The highest BCUT2D eigenvalue weighted by molar-refractivity contribution is 7.13. The predicted octanol–water partition coefficient (Wildman–Crippen LogP) is 5.99. The topological polar surface area (TPSA) is 310 Å². The van der Waals surface area contributed by atoms with Gasteiger partial charge in [-0.15, -0.1) is 22.7 Å². The molecule has 0 bridgehead atoms. The summed E-state index contributed by atoms with van der Waals surface area (Å²) in [5.41, 5.74) is 15.6. The van der Waals surface area contributed by atoms with Gasteiger partial charge in [-0.05, 0) is 61.8 Å². The number of nitrogens with zero attached hydrogens (tertiary/aromatic N) is 6. The number of carbonyl (C=O) groups excluding carboxylic acids is 8. The highest BCUT2D eigenvalue weighted by Gasteiger charge is 2.43. The maximum atomic E-state index is 13.5. The first kappa shape index (κ1) is 62.3. The number of imide groups is 2. The molecule has 0 radical (unpaired) electrons. The van der Waals surface area contributed by atoms with Gasteiger partial charge in [0.15, 0.2) is 21.8 Å². The third kappa shape index (κ3) is 15.5. The zero-order valence-electron chi connectivity index (χ0n) is 45.1. The number of fused-ring (bicyclic) bond motifs is 2. The highest BCUT2D eigenvalue weighted by atomic mass is 32.1. The van der Waals surface area contributed by atoms with Crippen LogP contribution in [0.4, 0.5) is 19.9 Å². The number of nitrogens with one attached hydrogen (secondary N) is 2. The number of unbranched alkanes of at least 4 members (excludes halogenated alkanes) is 7. The minimum atomic E-state index is -1.22. The number of nitrogens with two attached hydrogens (primary N) is 2. The maximum Gasteiger partial charge on any atom is 0.526 e. The van der Waals surface area contributed by atoms with E-state index in [4.69, 9.17) is 20.8 Å². The van der Waals surface area contributed by atoms with Crippen LogP contribution >= 0.6 is 22.7 Å². The number of benzene rings is 2. The Morgan fingerprint density at radius 2 is 1.01 bits per heavy atom. The number of hydrogen-bond acceptors (Lipinski definition) is 18. The molecule has 8 N–H and O–H groups in total. The summed E-state index contributed by atoms with van der Waals surface area (Å²) in [4.78, 5) is 117. The molecule has 6 heterocycles. The van der Waals surface area contributed by atoms with Gasteiger partial charge >= 0.3 is 49.9 Å². The molecule has 2 unspecified atom stereocenters. The number of nitrogen functional groups attached to an aromatic ring is 2. The number of amides is 8. The summed E-state index contributed by atoms with van der Waals surface area (Å²) in [5, 5.41) is 30.0. The molecule has 2 aromatic carbocycles. The van der Waals surface area contributed by atoms with Gasteiger partial charge < -0.3 is 51.3 Å². The van der Waals surface area contributed by atoms with Gasteiger partial charge in [0.05, 0.1) is 11.4 Å². The van der Waals surface area contributed by atoms with Crippen molar-refractivity contribution in [3.63, 3.8) is 0 Å². The lowest BCUT2D eigenvalue weighted by Gasteiger charge is -2.33. The normalized spacial score (nSPS) is 17.7. The molecule has 26 heteroatoms. The fourth-order valence-electron chi connectivity index (χ4n) is 10.1. The molecule has 80 heavy (non-hydrogen) atoms. The van der Waals surface area contributed by atoms with Crippen molar-refractivity contribution in [2.75, 3.05) is 50.7 Å². The van der Waals surface area contributed by atoms with Gasteiger partial charge in [-0.1, -0.05) is 103 Å². The van der Waals surface area contributed by atoms with Gasteiger partial charge in [0.2, 0.25) is 0 Å². The van der Waals surface area contributed by atoms with Crippen LogP contribution in [0.1, 0.15) is 138 Å². The molecule has 4 aliphatic heterocycles. The number of ketones is 2. The number of Topliss-reactive ketones (excluding diaryl/α,β-unsaturated/α-hetero) is 2. The number of para-hydroxylation sites is 2. The van der Waals surface area contributed by atoms with Crippen molar-refractivity contribution in [2.45, 2.75) is 142 Å². The van der Waals surface area contributed by atoms with Gasteiger partial charge in [-0.3, -0.25) is 38.6 Å². The molecule has 8 amide bonds. The third-order valence-corrected chi connectivity index (χ3v) is 15.9. The molecule has 0 saturated carbocycles. The number of aryl methyl sites for hydroxylation is 2. The SMILES string of the molecule is C.CCCCCCCN1CCN(C(=O)NC(C(=O)C[C@H]2Cc3cccc(C)c3OB2O)c2csc(N)n2)C(=O)C1=O.CCCCCCN1CCN(C(=O)NC(C(=O)C[C@H]2Cc3cccc(C)c3OB2O)c2csc(N)n2)C(=O)C1=O. The van der Waals surface area contributed by atoms with Crippen LogP contribution in [0.25, 0.3) is 0 Å². The van der Waals surface area contributed by atoms with Gasteiger partial charge in [0.25, 0.3) is 0 Å². The van der Waals surface area contributed by atoms with E-state index in [9.17, 15) is 48.4 Å². The predicted molar refractivity (Wildman–Crippen MR) is 306 cm³/mol. The van der Waals surface area contributed by atoms with E-state index in [0.29, 0.717) is 37.4 Å². The van der Waals surface area contributed by atoms with E-state index in [2.05, 4.69) is 34.4 Å². The Bertz CT molecular complexity index is 2870. The Balaban J connectivity index is 0.000000255. The van der Waals surface area contributed by atoms with Gasteiger partial charge in [0.1, 0.15) is 23.6 Å². The molecule has 4 atom stereocenters. The van der Waals surface area contributed by atoms with Crippen molar-refractivity contribution < 1.29 is 57.7 Å². The number of hydrogen-bond donors (Lipinski definition) is 6. The molecule has 4 aliphatic rings. The van der Waals surface area contributed by atoms with Crippen LogP contribution in [0.5, 0.6) is 11.5 Å². The average Bonchev–Trinajstić information content (AvgIpc) is 4.07. The number of urea groups is 2. The van der Waals surface area contributed by atoms with Crippen LogP contribution in [0.2, 0.25) is 11.6 Å². The van der Waals surface area contributed by atoms with E-state index in [-0.39, 0.29) is 68.1 Å². The number of anilines is 2. The minimum absolute atomic E-state index is 0. The van der Waals surface area contributed by atoms with E-state index >= 15 is 0 Å². The fourth-order valence-corrected chi connectivity index (χ4v) is 11.3. The van der Waals surface area contributed by atoms with Crippen LogP contribution in [-0.4, -0.2) is 140 Å². The second-order valence-corrected chi connectivity index (χ2v) is 22.2. The van der Waals surface area contributed by atoms with Crippen molar-refractivity contribution >= 4 is 94.4 Å². The quantitative estimate of drug-likeness (QED) is 0.0317. The lowest BCUT2D eigenvalue weighted by Crippen LogP contribution is -2.59. The summed E-state index contributed by atoms with van der Waals surface area (Å²) in [6, 6.07) is 7.18. The molecule has 0 aliphatic carbocycles. The summed E-state index contributed by atoms with van der Waals surface area (Å²) in [6.07, 6.45) is 9.56. The number of carbonyl (C=O) groups is 8. The number of aromatic nitrogens is 2. The zero-order valence-corrected chi connectivity index (χ0v) is 46.8. The molecule has 0 spiro atoms. The number of piperazine rings is 2. The van der Waals surface area contributed by atoms with Gasteiger partial charge in [-0.2, -0.15) is 0 Å². The van der Waals surface area contributed by atoms with Crippen LogP contribution < -0.4 is 31.4 Å². The zero-order chi connectivity index (χ0) is 56.9. The largest absolute Gasteiger partial charge is 0.536 e. The van der Waals surface area contributed by atoms with Crippen LogP contribution in [-0.2, 0) is 41.6 Å². The maximum absolute atomic E-state index is 13.5. The molecule has 8 rings (SSSR count). The first-order chi connectivity index (χ1) is 37.9. The van der Waals surface area contributed by atoms with Crippen molar-refractivity contribution in [1.29, 1.82) is 0 Å². The molecule has 22 nitrogen and oxygen atoms in total. The van der Waals surface area contributed by atoms with Crippen molar-refractivity contribution in [2.24, 2.45) is 0 Å². The summed E-state index contributed by atoms with van der Waals surface area (Å²) in [5.74, 6) is -4.05. The summed E-state index contributed by atoms with van der Waals surface area (Å²) < 4.78 is 11.4. The third-order valence-electron chi connectivity index (χ3n) is 14.5. The molecule has 430 valence electrons. The van der Waals surface area contributed by atoms with E-state index in [1.54, 1.807) is 10.8 Å². The van der Waals surface area contributed by atoms with Crippen molar-refractivity contribution in [3.05, 3.63) is 80.8 Å². The standard InChI is InChI=1S/C27H36BN5O6S.C26H34BN5O6S.CH4/c1-3-4-5-6-7-11-32-12-13-33(25(36)24(32)35)27(37)31-22(20-16-40-26(29)30-20)21(34)15-19-14-18-10-8-9-17(2)23(18)39-28(19)38;1-3-4-5-6-10-31-11-12-32(24(35)23(31)34)26(36)30-21(19-15-39-25(28)29-19)20(33)14-18-13-17-9-7-8-16(2)22(17)38-27(18)37;/h8-10,16,19,22,38H,3-7,11-15H2,1-2H3,(H2,29,30)(H,31,37);7-9,15,18,21,37H,3-6,10-14H2,1-2H3,(H2,28,29)(H,30,36);1H4/t19-,22?;18-,21?;/m11./s1. The van der Waals surface area contributed by atoms with Crippen molar-refractivity contribution in [3.8, 4) is 11.5 Å². The molecular weight excluding hydrogens is 1070 g/mol.